The summed E-state index contributed by atoms with van der Waals surface area (Å²) in [6, 6.07) is 11.2. The van der Waals surface area contributed by atoms with Crippen molar-refractivity contribution in [3.8, 4) is 11.8 Å². The first-order chi connectivity index (χ1) is 9.78. The summed E-state index contributed by atoms with van der Waals surface area (Å²) in [7, 11) is 0. The maximum atomic E-state index is 9.44. The van der Waals surface area contributed by atoms with Gasteiger partial charge >= 0.3 is 0 Å². The zero-order valence-corrected chi connectivity index (χ0v) is 12.1. The quantitative estimate of drug-likeness (QED) is 0.786. The molecule has 3 atom stereocenters. The van der Waals surface area contributed by atoms with Crippen molar-refractivity contribution in [1.29, 1.82) is 5.26 Å². The van der Waals surface area contributed by atoms with Crippen molar-refractivity contribution in [2.75, 3.05) is 13.2 Å². The van der Waals surface area contributed by atoms with Gasteiger partial charge in [-0.1, -0.05) is 25.1 Å². The average Bonchev–Trinajstić information content (AvgIpc) is 2.69. The van der Waals surface area contributed by atoms with Crippen LogP contribution in [0, 0.1) is 23.2 Å². The van der Waals surface area contributed by atoms with Crippen molar-refractivity contribution in [1.82, 2.24) is 4.90 Å². The van der Waals surface area contributed by atoms with Crippen LogP contribution in [0.1, 0.15) is 31.7 Å². The number of hydrogen-bond acceptors (Lipinski definition) is 3. The summed E-state index contributed by atoms with van der Waals surface area (Å²) < 4.78 is 5.84. The molecule has 3 rings (SSSR count). The molecule has 2 aliphatic rings. The van der Waals surface area contributed by atoms with Crippen LogP contribution in [0.5, 0.6) is 5.75 Å². The van der Waals surface area contributed by atoms with Crippen molar-refractivity contribution in [2.45, 2.75) is 38.8 Å². The molecule has 1 fully saturated rings. The number of nitrogens with zero attached hydrogens (tertiary/aromatic N) is 2. The summed E-state index contributed by atoms with van der Waals surface area (Å²) in [5.41, 5.74) is 1.25. The third-order valence-corrected chi connectivity index (χ3v) is 4.70. The Kier molecular flexibility index (Phi) is 3.93. The van der Waals surface area contributed by atoms with E-state index in [9.17, 15) is 5.26 Å². The first kappa shape index (κ1) is 13.5. The predicted octanol–water partition coefficient (Wildman–Crippen LogP) is 3.21. The molecule has 20 heavy (non-hydrogen) atoms. The smallest absolute Gasteiger partial charge is 0.123 e. The van der Waals surface area contributed by atoms with E-state index in [2.05, 4.69) is 30.0 Å². The van der Waals surface area contributed by atoms with Gasteiger partial charge in [0.25, 0.3) is 0 Å². The van der Waals surface area contributed by atoms with Gasteiger partial charge < -0.3 is 4.74 Å². The van der Waals surface area contributed by atoms with Gasteiger partial charge in [0.1, 0.15) is 12.4 Å². The first-order valence-electron chi connectivity index (χ1n) is 7.62. The number of benzene rings is 1. The Hall–Kier alpha value is -1.53. The largest absolute Gasteiger partial charge is 0.492 e. The van der Waals surface area contributed by atoms with Crippen molar-refractivity contribution in [3.63, 3.8) is 0 Å². The summed E-state index contributed by atoms with van der Waals surface area (Å²) in [4.78, 5) is 2.47. The third-order valence-electron chi connectivity index (χ3n) is 4.70. The van der Waals surface area contributed by atoms with Gasteiger partial charge in [0, 0.05) is 24.7 Å². The van der Waals surface area contributed by atoms with Crippen LogP contribution in [0.2, 0.25) is 0 Å². The summed E-state index contributed by atoms with van der Waals surface area (Å²) in [6.07, 6.45) is 3.37. The topological polar surface area (TPSA) is 36.3 Å². The van der Waals surface area contributed by atoms with Gasteiger partial charge in [-0.25, -0.2) is 0 Å². The summed E-state index contributed by atoms with van der Waals surface area (Å²) in [5, 5.41) is 9.44. The van der Waals surface area contributed by atoms with E-state index in [1.165, 1.54) is 12.0 Å². The second-order valence-corrected chi connectivity index (χ2v) is 6.15. The number of nitriles is 1. The molecular weight excluding hydrogens is 248 g/mol. The van der Waals surface area contributed by atoms with Crippen LogP contribution in [-0.2, 0) is 6.54 Å². The number of fused-ring (bicyclic) bond motifs is 1. The normalized spacial score (nSPS) is 30.7. The van der Waals surface area contributed by atoms with Gasteiger partial charge in [-0.2, -0.15) is 5.26 Å². The summed E-state index contributed by atoms with van der Waals surface area (Å²) >= 11 is 0. The van der Waals surface area contributed by atoms with Crippen molar-refractivity contribution >= 4 is 0 Å². The zero-order chi connectivity index (χ0) is 13.9. The molecular formula is C17H22N2O. The maximum Gasteiger partial charge on any atom is 0.123 e. The van der Waals surface area contributed by atoms with E-state index in [1.807, 2.05) is 12.1 Å². The highest BCUT2D eigenvalue weighted by Gasteiger charge is 2.34. The van der Waals surface area contributed by atoms with E-state index in [4.69, 9.17) is 4.74 Å². The third kappa shape index (κ3) is 2.66. The van der Waals surface area contributed by atoms with Crippen LogP contribution in [-0.4, -0.2) is 24.1 Å². The Morgan fingerprint density at radius 2 is 2.15 bits per heavy atom. The molecule has 0 N–H and O–H groups in total. The molecule has 0 amide bonds. The van der Waals surface area contributed by atoms with E-state index in [-0.39, 0.29) is 5.92 Å². The molecule has 1 heterocycles. The minimum absolute atomic E-state index is 0.177. The molecule has 1 aliphatic heterocycles. The Morgan fingerprint density at radius 1 is 1.30 bits per heavy atom. The lowest BCUT2D eigenvalue weighted by atomic mass is 9.79. The molecule has 0 spiro atoms. The fraction of sp³-hybridized carbons (Fsp3) is 0.588. The number of ether oxygens (including phenoxy) is 1. The highest BCUT2D eigenvalue weighted by atomic mass is 16.5. The molecule has 3 nitrogen and oxygen atoms in total. The molecule has 1 aromatic rings. The first-order valence-corrected chi connectivity index (χ1v) is 7.62. The minimum atomic E-state index is 0.177. The molecule has 0 aromatic heterocycles. The Balaban J connectivity index is 1.81. The molecule has 0 radical (unpaired) electrons. The highest BCUT2D eigenvalue weighted by molar-refractivity contribution is 5.33. The van der Waals surface area contributed by atoms with Gasteiger partial charge in [0.05, 0.1) is 12.0 Å². The van der Waals surface area contributed by atoms with Crippen LogP contribution in [0.4, 0.5) is 0 Å². The van der Waals surface area contributed by atoms with Crippen LogP contribution < -0.4 is 4.74 Å². The zero-order valence-electron chi connectivity index (χ0n) is 12.1. The van der Waals surface area contributed by atoms with E-state index in [0.29, 0.717) is 6.04 Å². The lowest BCUT2D eigenvalue weighted by Gasteiger charge is -2.38. The Morgan fingerprint density at radius 3 is 3.00 bits per heavy atom. The van der Waals surface area contributed by atoms with E-state index >= 15 is 0 Å². The fourth-order valence-electron chi connectivity index (χ4n) is 3.53. The Labute approximate surface area is 121 Å². The molecule has 0 saturated heterocycles. The van der Waals surface area contributed by atoms with Crippen molar-refractivity contribution in [2.24, 2.45) is 11.8 Å². The molecule has 0 bridgehead atoms. The maximum absolute atomic E-state index is 9.44. The van der Waals surface area contributed by atoms with Gasteiger partial charge in [0.15, 0.2) is 0 Å². The summed E-state index contributed by atoms with van der Waals surface area (Å²) in [6.45, 7) is 4.86. The number of rotatable bonds is 1. The van der Waals surface area contributed by atoms with Crippen LogP contribution in [0.25, 0.3) is 0 Å². The number of para-hydroxylation sites is 1. The molecule has 3 unspecified atom stereocenters. The molecule has 106 valence electrons. The monoisotopic (exact) mass is 270 g/mol. The van der Waals surface area contributed by atoms with Gasteiger partial charge in [-0.3, -0.25) is 4.90 Å². The van der Waals surface area contributed by atoms with E-state index in [0.717, 1.165) is 44.2 Å². The summed E-state index contributed by atoms with van der Waals surface area (Å²) in [5.74, 6) is 1.91. The Bertz CT molecular complexity index is 508. The standard InChI is InChI=1S/C17H22N2O/c1-13-6-7-14(11-18)16(10-13)19-8-9-20-17-5-3-2-4-15(17)12-19/h2-5,13-14,16H,6-10,12H2,1H3. The highest BCUT2D eigenvalue weighted by Crippen LogP contribution is 2.34. The van der Waals surface area contributed by atoms with Gasteiger partial charge in [-0.05, 0) is 31.2 Å². The van der Waals surface area contributed by atoms with Gasteiger partial charge in [-0.15, -0.1) is 0 Å². The van der Waals surface area contributed by atoms with E-state index in [1.54, 1.807) is 0 Å². The predicted molar refractivity (Wildman–Crippen MR) is 78.3 cm³/mol. The van der Waals surface area contributed by atoms with Crippen LogP contribution >= 0.6 is 0 Å². The average molecular weight is 270 g/mol. The second-order valence-electron chi connectivity index (χ2n) is 6.15. The molecule has 1 aliphatic carbocycles. The molecule has 1 aromatic carbocycles. The molecule has 1 saturated carbocycles. The lowest BCUT2D eigenvalue weighted by Crippen LogP contribution is -2.44. The van der Waals surface area contributed by atoms with E-state index < -0.39 is 0 Å². The van der Waals surface area contributed by atoms with Crippen LogP contribution in [0.3, 0.4) is 0 Å². The minimum Gasteiger partial charge on any atom is -0.492 e. The number of hydrogen-bond donors (Lipinski definition) is 0. The fourth-order valence-corrected chi connectivity index (χ4v) is 3.53. The van der Waals surface area contributed by atoms with Gasteiger partial charge in [0.2, 0.25) is 0 Å². The lowest BCUT2D eigenvalue weighted by molar-refractivity contribution is 0.0922. The van der Waals surface area contributed by atoms with Crippen molar-refractivity contribution < 1.29 is 4.74 Å². The van der Waals surface area contributed by atoms with Crippen LogP contribution in [0.15, 0.2) is 24.3 Å². The SMILES string of the molecule is CC1CCC(C#N)C(N2CCOc3ccccc3C2)C1. The second kappa shape index (κ2) is 5.85. The molecule has 3 heteroatoms. The van der Waals surface area contributed by atoms with Crippen molar-refractivity contribution in [3.05, 3.63) is 29.8 Å².